The SMILES string of the molecule is CCOc1cc(/C=C/C(=O)N2CCN(C(=O)c3cnccn3)CC2)ccc1OC(F)F. The average Bonchev–Trinajstić information content (AvgIpc) is 2.79. The summed E-state index contributed by atoms with van der Waals surface area (Å²) >= 11 is 0. The Hall–Kier alpha value is -3.56. The van der Waals surface area contributed by atoms with E-state index in [1.807, 2.05) is 0 Å². The molecule has 1 aliphatic rings. The lowest BCUT2D eigenvalue weighted by molar-refractivity contribution is -0.127. The molecule has 0 N–H and O–H groups in total. The van der Waals surface area contributed by atoms with Crippen molar-refractivity contribution in [3.63, 3.8) is 0 Å². The molecule has 8 nitrogen and oxygen atoms in total. The maximum Gasteiger partial charge on any atom is 0.387 e. The van der Waals surface area contributed by atoms with Crippen molar-refractivity contribution in [2.75, 3.05) is 32.8 Å². The van der Waals surface area contributed by atoms with Crippen LogP contribution in [0.25, 0.3) is 6.08 Å². The molecule has 31 heavy (non-hydrogen) atoms. The van der Waals surface area contributed by atoms with Crippen LogP contribution < -0.4 is 9.47 Å². The van der Waals surface area contributed by atoms with Crippen LogP contribution in [-0.2, 0) is 4.79 Å². The number of carbonyl (C=O) groups excluding carboxylic acids is 2. The molecule has 0 unspecified atom stereocenters. The van der Waals surface area contributed by atoms with Gasteiger partial charge in [0.1, 0.15) is 5.69 Å². The first-order valence-electron chi connectivity index (χ1n) is 9.72. The molecule has 2 heterocycles. The molecule has 1 aromatic carbocycles. The van der Waals surface area contributed by atoms with E-state index in [2.05, 4.69) is 14.7 Å². The molecule has 2 amide bonds. The van der Waals surface area contributed by atoms with Crippen LogP contribution in [-0.4, -0.2) is 71.0 Å². The molecule has 0 spiro atoms. The number of aromatic nitrogens is 2. The fourth-order valence-electron chi connectivity index (χ4n) is 3.06. The normalized spacial score (nSPS) is 14.2. The van der Waals surface area contributed by atoms with E-state index in [0.29, 0.717) is 31.7 Å². The van der Waals surface area contributed by atoms with Gasteiger partial charge in [-0.25, -0.2) is 4.98 Å². The van der Waals surface area contributed by atoms with Gasteiger partial charge in [-0.2, -0.15) is 8.78 Å². The van der Waals surface area contributed by atoms with Gasteiger partial charge in [-0.1, -0.05) is 6.07 Å². The van der Waals surface area contributed by atoms with Gasteiger partial charge in [-0.15, -0.1) is 0 Å². The Morgan fingerprint density at radius 3 is 2.52 bits per heavy atom. The van der Waals surface area contributed by atoms with Crippen molar-refractivity contribution in [1.82, 2.24) is 19.8 Å². The Bertz CT molecular complexity index is 932. The predicted octanol–water partition coefficient (Wildman–Crippen LogP) is 2.47. The van der Waals surface area contributed by atoms with Gasteiger partial charge < -0.3 is 19.3 Å². The fourth-order valence-corrected chi connectivity index (χ4v) is 3.06. The number of rotatable bonds is 7. The molecule has 1 saturated heterocycles. The Morgan fingerprint density at radius 2 is 1.87 bits per heavy atom. The molecule has 1 fully saturated rings. The van der Waals surface area contributed by atoms with E-state index in [-0.39, 0.29) is 35.6 Å². The number of piperazine rings is 1. The molecule has 3 rings (SSSR count). The molecular formula is C21H22F2N4O4. The van der Waals surface area contributed by atoms with Gasteiger partial charge >= 0.3 is 6.61 Å². The van der Waals surface area contributed by atoms with E-state index in [1.54, 1.807) is 28.9 Å². The van der Waals surface area contributed by atoms with Crippen molar-refractivity contribution in [1.29, 1.82) is 0 Å². The second-order valence-corrected chi connectivity index (χ2v) is 6.56. The minimum Gasteiger partial charge on any atom is -0.490 e. The Morgan fingerprint density at radius 1 is 1.13 bits per heavy atom. The van der Waals surface area contributed by atoms with E-state index >= 15 is 0 Å². The van der Waals surface area contributed by atoms with Crippen molar-refractivity contribution >= 4 is 17.9 Å². The van der Waals surface area contributed by atoms with Crippen LogP contribution in [0, 0.1) is 0 Å². The molecular weight excluding hydrogens is 410 g/mol. The largest absolute Gasteiger partial charge is 0.490 e. The van der Waals surface area contributed by atoms with E-state index in [9.17, 15) is 18.4 Å². The van der Waals surface area contributed by atoms with Gasteiger partial charge in [0.05, 0.1) is 12.8 Å². The zero-order valence-corrected chi connectivity index (χ0v) is 16.9. The van der Waals surface area contributed by atoms with Crippen LogP contribution in [0.3, 0.4) is 0 Å². The maximum atomic E-state index is 12.5. The van der Waals surface area contributed by atoms with Crippen molar-refractivity contribution in [2.24, 2.45) is 0 Å². The maximum absolute atomic E-state index is 12.5. The highest BCUT2D eigenvalue weighted by Gasteiger charge is 2.24. The third kappa shape index (κ3) is 5.97. The number of alkyl halides is 2. The molecule has 1 aromatic heterocycles. The zero-order chi connectivity index (χ0) is 22.2. The van der Waals surface area contributed by atoms with Gasteiger partial charge in [0.25, 0.3) is 5.91 Å². The lowest BCUT2D eigenvalue weighted by atomic mass is 10.1. The van der Waals surface area contributed by atoms with Gasteiger partial charge in [-0.3, -0.25) is 14.6 Å². The van der Waals surface area contributed by atoms with Crippen LogP contribution in [0.5, 0.6) is 11.5 Å². The highest BCUT2D eigenvalue weighted by molar-refractivity contribution is 5.93. The first-order valence-corrected chi connectivity index (χ1v) is 9.72. The quantitative estimate of drug-likeness (QED) is 0.625. The van der Waals surface area contributed by atoms with Crippen LogP contribution in [0.2, 0.25) is 0 Å². The average molecular weight is 432 g/mol. The number of ether oxygens (including phenoxy) is 2. The second kappa shape index (κ2) is 10.5. The molecule has 0 atom stereocenters. The summed E-state index contributed by atoms with van der Waals surface area (Å²) in [6.07, 6.45) is 7.35. The Labute approximate surface area is 178 Å². The Kier molecular flexibility index (Phi) is 7.47. The van der Waals surface area contributed by atoms with Crippen LogP contribution in [0.15, 0.2) is 42.9 Å². The van der Waals surface area contributed by atoms with Gasteiger partial charge in [0, 0.05) is 44.6 Å². The summed E-state index contributed by atoms with van der Waals surface area (Å²) in [6.45, 7) is 0.616. The number of benzene rings is 1. The highest BCUT2D eigenvalue weighted by Crippen LogP contribution is 2.30. The van der Waals surface area contributed by atoms with Crippen molar-refractivity contribution in [3.8, 4) is 11.5 Å². The standard InChI is InChI=1S/C21H22F2N4O4/c1-2-30-18-13-15(3-5-17(18)31-21(22)23)4-6-19(28)26-9-11-27(12-10-26)20(29)16-14-24-7-8-25-16/h3-8,13-14,21H,2,9-12H2,1H3/b6-4+. The van der Waals surface area contributed by atoms with Crippen molar-refractivity contribution < 1.29 is 27.8 Å². The summed E-state index contributed by atoms with van der Waals surface area (Å²) in [5, 5.41) is 0. The smallest absolute Gasteiger partial charge is 0.387 e. The summed E-state index contributed by atoms with van der Waals surface area (Å²) in [6, 6.07) is 4.46. The first kappa shape index (κ1) is 22.1. The van der Waals surface area contributed by atoms with Crippen LogP contribution in [0.1, 0.15) is 23.0 Å². The highest BCUT2D eigenvalue weighted by atomic mass is 19.3. The van der Waals surface area contributed by atoms with Gasteiger partial charge in [0.15, 0.2) is 11.5 Å². The lowest BCUT2D eigenvalue weighted by Gasteiger charge is -2.34. The fraction of sp³-hybridized carbons (Fsp3) is 0.333. The van der Waals surface area contributed by atoms with Crippen LogP contribution in [0.4, 0.5) is 8.78 Å². The first-order chi connectivity index (χ1) is 15.0. The minimum absolute atomic E-state index is 0.0655. The molecule has 0 radical (unpaired) electrons. The molecule has 10 heteroatoms. The van der Waals surface area contributed by atoms with Crippen molar-refractivity contribution in [3.05, 3.63) is 54.1 Å². The Balaban J connectivity index is 1.58. The molecule has 0 saturated carbocycles. The van der Waals surface area contributed by atoms with Crippen LogP contribution >= 0.6 is 0 Å². The lowest BCUT2D eigenvalue weighted by Crippen LogP contribution is -2.50. The topological polar surface area (TPSA) is 84.9 Å². The number of hydrogen-bond donors (Lipinski definition) is 0. The van der Waals surface area contributed by atoms with Gasteiger partial charge in [0.2, 0.25) is 5.91 Å². The van der Waals surface area contributed by atoms with E-state index in [0.717, 1.165) is 0 Å². The summed E-state index contributed by atoms with van der Waals surface area (Å²) in [5.41, 5.74) is 0.876. The third-order valence-corrected chi connectivity index (χ3v) is 4.56. The molecule has 2 aromatic rings. The number of amides is 2. The summed E-state index contributed by atoms with van der Waals surface area (Å²) in [4.78, 5) is 36.1. The number of carbonyl (C=O) groups is 2. The predicted molar refractivity (Wildman–Crippen MR) is 108 cm³/mol. The summed E-state index contributed by atoms with van der Waals surface area (Å²) < 4.78 is 34.8. The number of halogens is 2. The monoisotopic (exact) mass is 432 g/mol. The number of nitrogens with zero attached hydrogens (tertiary/aromatic N) is 4. The zero-order valence-electron chi connectivity index (χ0n) is 16.9. The van der Waals surface area contributed by atoms with E-state index < -0.39 is 6.61 Å². The number of hydrogen-bond acceptors (Lipinski definition) is 6. The van der Waals surface area contributed by atoms with Crippen molar-refractivity contribution in [2.45, 2.75) is 13.5 Å². The molecule has 0 bridgehead atoms. The third-order valence-electron chi connectivity index (χ3n) is 4.56. The molecule has 0 aliphatic carbocycles. The van der Waals surface area contributed by atoms with E-state index in [1.165, 1.54) is 36.8 Å². The summed E-state index contributed by atoms with van der Waals surface area (Å²) in [5.74, 6) is -0.319. The summed E-state index contributed by atoms with van der Waals surface area (Å²) in [7, 11) is 0. The van der Waals surface area contributed by atoms with Gasteiger partial charge in [-0.05, 0) is 30.7 Å². The minimum atomic E-state index is -2.96. The molecule has 1 aliphatic heterocycles. The van der Waals surface area contributed by atoms with E-state index in [4.69, 9.17) is 4.74 Å². The molecule has 164 valence electrons. The second-order valence-electron chi connectivity index (χ2n) is 6.56.